The molecule has 9 fully saturated rings. The summed E-state index contributed by atoms with van der Waals surface area (Å²) in [5, 5.41) is 316. The van der Waals surface area contributed by atoms with Gasteiger partial charge in [0.2, 0.25) is 17.7 Å². The van der Waals surface area contributed by atoms with Crippen molar-refractivity contribution in [1.29, 1.82) is 0 Å². The van der Waals surface area contributed by atoms with E-state index in [0.29, 0.717) is 0 Å². The molecule has 9 heterocycles. The number of rotatable bonds is 33. The Bertz CT molecular complexity index is 3090. The van der Waals surface area contributed by atoms with Gasteiger partial charge in [0.25, 0.3) is 0 Å². The van der Waals surface area contributed by atoms with Gasteiger partial charge in [-0.1, -0.05) is 0 Å². The molecule has 0 saturated carbocycles. The largest absolute Gasteiger partial charge is 0.394 e. The number of hydrogen-bond acceptors (Lipinski definition) is 49. The van der Waals surface area contributed by atoms with Gasteiger partial charge in [-0.2, -0.15) is 0 Å². The smallest absolute Gasteiger partial charge is 0.217 e. The Hall–Kier alpha value is -3.43. The van der Waals surface area contributed by atoms with E-state index in [2.05, 4.69) is 16.0 Å². The molecule has 686 valence electrons. The van der Waals surface area contributed by atoms with E-state index in [4.69, 9.17) is 85.3 Å². The van der Waals surface area contributed by atoms with E-state index in [-0.39, 0.29) is 0 Å². The van der Waals surface area contributed by atoms with Gasteiger partial charge in [0.05, 0.1) is 71.7 Å². The van der Waals surface area contributed by atoms with Gasteiger partial charge in [-0.15, -0.1) is 0 Å². The minimum atomic E-state index is -2.56. The molecule has 0 bridgehead atoms. The molecule has 0 unspecified atom stereocenters. The quantitative estimate of drug-likeness (QED) is 0.0290. The standard InChI is InChI=1S/C66H113N3O49/c1-15-32(83)42(93)46(97)61(102-15)117-56-44(95)35(86)22(8-72)105-65(56)113-52-25(11-75)107-58(29(39(52)90)67-17(3)78)101-14-28-38(89)55(116-60-31(69-19(5)80)41(92)53(27(13-77)109-60)114-66-57(45(96)36(87)23(9-73)106-66)118-62-47(98)43(94)33(84)16(2)103-62)49(100)64(110-28)112-51-26(12-76)108-59(30(40(51)91)68-18(4)79)115-54-37(88)24(10-74)104-63(48(54)99)111-50(21(82)7-71)34(85)20(81)6-70/h15-16,20-66,70-77,81-100H,6-14H2,1-5H3,(H,67,78)(H,68,79)(H,69,80)/t15-,16-,20-,21+,22+,23+,24+,25+,26+,27+,28+,29+,30+,31+,32+,33+,34+,35-,36-,37-,38-,39+,40+,41+,42+,43+,44-,45-,46-,47-,48+,49+,50+,51+,52+,53+,54-,55-,56+,57+,58+,59-,60-,61-,62-,63-,64-,65-,66-/m0/s1. The number of aliphatic hydroxyl groups is 28. The molecule has 9 saturated heterocycles. The van der Waals surface area contributed by atoms with Crippen LogP contribution in [0.5, 0.6) is 0 Å². The molecule has 0 aliphatic carbocycles. The lowest BCUT2D eigenvalue weighted by atomic mass is 9.93. The first-order chi connectivity index (χ1) is 55.7. The molecule has 118 heavy (non-hydrogen) atoms. The van der Waals surface area contributed by atoms with Crippen LogP contribution in [0.4, 0.5) is 0 Å². The number of ether oxygens (including phenoxy) is 18. The minimum Gasteiger partial charge on any atom is -0.394 e. The highest BCUT2D eigenvalue weighted by molar-refractivity contribution is 5.74. The number of hydrogen-bond donors (Lipinski definition) is 31. The normalized spacial score (nSPS) is 48.2. The van der Waals surface area contributed by atoms with Crippen molar-refractivity contribution in [2.75, 3.05) is 59.5 Å². The third-order valence-corrected chi connectivity index (χ3v) is 21.6. The highest BCUT2D eigenvalue weighted by atomic mass is 16.8. The maximum atomic E-state index is 13.2. The van der Waals surface area contributed by atoms with Crippen molar-refractivity contribution < 1.29 is 243 Å². The zero-order valence-electron chi connectivity index (χ0n) is 63.7. The van der Waals surface area contributed by atoms with Crippen LogP contribution in [0, 0.1) is 0 Å². The van der Waals surface area contributed by atoms with Gasteiger partial charge in [0.1, 0.15) is 232 Å². The summed E-state index contributed by atoms with van der Waals surface area (Å²) in [6.45, 7) is -5.04. The highest BCUT2D eigenvalue weighted by Crippen LogP contribution is 2.40. The van der Waals surface area contributed by atoms with Crippen molar-refractivity contribution in [3.05, 3.63) is 0 Å². The van der Waals surface area contributed by atoms with Gasteiger partial charge in [0, 0.05) is 20.8 Å². The van der Waals surface area contributed by atoms with Crippen LogP contribution in [-0.4, -0.2) is 521 Å². The highest BCUT2D eigenvalue weighted by Gasteiger charge is 2.61. The molecule has 0 aromatic rings. The summed E-state index contributed by atoms with van der Waals surface area (Å²) in [6, 6.07) is -6.01. The summed E-state index contributed by atoms with van der Waals surface area (Å²) >= 11 is 0. The number of nitrogens with one attached hydrogen (secondary N) is 3. The average molecular weight is 1730 g/mol. The monoisotopic (exact) mass is 1730 g/mol. The summed E-state index contributed by atoms with van der Waals surface area (Å²) in [5.41, 5.74) is 0. The Balaban J connectivity index is 1.04. The molecular formula is C66H113N3O49. The summed E-state index contributed by atoms with van der Waals surface area (Å²) in [6.07, 6.45) is -94.5. The maximum absolute atomic E-state index is 13.2. The maximum Gasteiger partial charge on any atom is 0.217 e. The fourth-order valence-corrected chi connectivity index (χ4v) is 15.0. The molecule has 0 aromatic heterocycles. The Kier molecular flexibility index (Phi) is 36.0. The van der Waals surface area contributed by atoms with E-state index in [9.17, 15) is 157 Å². The van der Waals surface area contributed by atoms with Crippen molar-refractivity contribution in [2.45, 2.75) is 335 Å². The molecule has 52 heteroatoms. The topological polar surface area (TPSA) is 820 Å². The summed E-state index contributed by atoms with van der Waals surface area (Å²) in [4.78, 5) is 39.5. The Morgan fingerprint density at radius 1 is 0.288 bits per heavy atom. The number of carbonyl (C=O) groups excluding carboxylic acids is 3. The minimum absolute atomic E-state index is 0.901. The van der Waals surface area contributed by atoms with Crippen molar-refractivity contribution >= 4 is 17.7 Å². The molecule has 0 spiro atoms. The van der Waals surface area contributed by atoms with Crippen LogP contribution in [0.15, 0.2) is 0 Å². The van der Waals surface area contributed by atoms with Gasteiger partial charge in [-0.25, -0.2) is 0 Å². The van der Waals surface area contributed by atoms with Crippen LogP contribution in [0.3, 0.4) is 0 Å². The number of carbonyl (C=O) groups is 3. The van der Waals surface area contributed by atoms with Crippen LogP contribution in [0.1, 0.15) is 34.6 Å². The van der Waals surface area contributed by atoms with E-state index >= 15 is 0 Å². The molecule has 0 radical (unpaired) electrons. The van der Waals surface area contributed by atoms with E-state index in [1.165, 1.54) is 13.8 Å². The van der Waals surface area contributed by atoms with Crippen LogP contribution < -0.4 is 16.0 Å². The third kappa shape index (κ3) is 21.8. The SMILES string of the molecule is CC(=O)N[C@H]1[C@H](O[C@H]2[C@@H](O)[C@@H](CO)O[C@@H](O[C@@H]([C@H](O)[C@@H](O)CO)[C@H](O)CO)[C@@H]2O)O[C@H](CO)[C@@H](O[C@@H]2O[C@H](CO[C@@H]3O[C@H](CO)[C@@H](O[C@@H]4O[C@H](CO)[C@H](O)[C@H](O)[C@H]4O[C@@H]4O[C@@H](C)[C@@H](O)[C@@H](O)[C@@H]4O)[C@H](O)[C@H]3NC(C)=O)[C@H](O)[C@H](O[C@@H]3O[C@H](CO)[C@@H](O[C@@H]4O[C@H](CO)[C@H](O)[C@H](O)[C@H]4O[C@@H]4O[C@@H](C)[C@@H](O)[C@@H](O)[C@@H]4O)[C@H](O)[C@H]3NC(C)=O)[C@H]2O)[C@@H]1O. The first kappa shape index (κ1) is 98.4. The lowest BCUT2D eigenvalue weighted by Gasteiger charge is -2.51. The molecule has 0 aromatic carbocycles. The van der Waals surface area contributed by atoms with Gasteiger partial charge in [-0.3, -0.25) is 14.4 Å². The number of aliphatic hydroxyl groups excluding tert-OH is 28. The van der Waals surface area contributed by atoms with Crippen molar-refractivity contribution in [2.24, 2.45) is 0 Å². The van der Waals surface area contributed by atoms with Crippen LogP contribution in [0.25, 0.3) is 0 Å². The fraction of sp³-hybridized carbons (Fsp3) is 0.955. The second kappa shape index (κ2) is 43.2. The predicted molar refractivity (Wildman–Crippen MR) is 364 cm³/mol. The van der Waals surface area contributed by atoms with Crippen LogP contribution in [-0.2, 0) is 99.6 Å². The zero-order valence-corrected chi connectivity index (χ0v) is 63.7. The second-order valence-electron chi connectivity index (χ2n) is 30.0. The van der Waals surface area contributed by atoms with Gasteiger partial charge in [-0.05, 0) is 13.8 Å². The first-order valence-corrected chi connectivity index (χ1v) is 37.8. The molecular weight excluding hydrogens is 1620 g/mol. The zero-order chi connectivity index (χ0) is 87.2. The van der Waals surface area contributed by atoms with Gasteiger partial charge >= 0.3 is 0 Å². The van der Waals surface area contributed by atoms with Gasteiger partial charge in [0.15, 0.2) is 56.6 Å². The fourth-order valence-electron chi connectivity index (χ4n) is 15.0. The molecule has 9 aliphatic heterocycles. The molecule has 52 nitrogen and oxygen atoms in total. The Morgan fingerprint density at radius 2 is 0.585 bits per heavy atom. The summed E-state index contributed by atoms with van der Waals surface area (Å²) < 4.78 is 106. The lowest BCUT2D eigenvalue weighted by molar-refractivity contribution is -0.394. The van der Waals surface area contributed by atoms with Gasteiger partial charge < -0.3 is 244 Å². The second-order valence-corrected chi connectivity index (χ2v) is 30.0. The predicted octanol–water partition coefficient (Wildman–Crippen LogP) is -20.7. The van der Waals surface area contributed by atoms with Crippen LogP contribution >= 0.6 is 0 Å². The van der Waals surface area contributed by atoms with E-state index in [1.807, 2.05) is 0 Å². The summed E-state index contributed by atoms with van der Waals surface area (Å²) in [7, 11) is 0. The Labute approximate surface area is 669 Å². The summed E-state index contributed by atoms with van der Waals surface area (Å²) in [5.74, 6) is -2.97. The number of amides is 3. The molecule has 49 atom stereocenters. The molecule has 9 rings (SSSR count). The first-order valence-electron chi connectivity index (χ1n) is 37.8. The Morgan fingerprint density at radius 3 is 0.958 bits per heavy atom. The molecule has 31 N–H and O–H groups in total. The van der Waals surface area contributed by atoms with Crippen molar-refractivity contribution in [1.82, 2.24) is 16.0 Å². The van der Waals surface area contributed by atoms with Crippen molar-refractivity contribution in [3.8, 4) is 0 Å². The van der Waals surface area contributed by atoms with E-state index < -0.39 is 378 Å². The van der Waals surface area contributed by atoms with Crippen molar-refractivity contribution in [3.63, 3.8) is 0 Å². The van der Waals surface area contributed by atoms with Crippen LogP contribution in [0.2, 0.25) is 0 Å². The molecule has 3 amide bonds. The molecule has 9 aliphatic rings. The third-order valence-electron chi connectivity index (χ3n) is 21.6. The van der Waals surface area contributed by atoms with E-state index in [0.717, 1.165) is 20.8 Å². The lowest BCUT2D eigenvalue weighted by Crippen LogP contribution is -2.71. The average Bonchev–Trinajstić information content (AvgIpc) is 0.767. The van der Waals surface area contributed by atoms with E-state index in [1.54, 1.807) is 0 Å².